The van der Waals surface area contributed by atoms with E-state index in [1.807, 2.05) is 55.5 Å². The first-order valence-electron chi connectivity index (χ1n) is 9.70. The molecule has 0 bridgehead atoms. The Labute approximate surface area is 167 Å². The van der Waals surface area contributed by atoms with Gasteiger partial charge < -0.3 is 21.1 Å². The fourth-order valence-electron chi connectivity index (χ4n) is 2.82. The Morgan fingerprint density at radius 1 is 1.11 bits per heavy atom. The molecule has 0 radical (unpaired) electrons. The third-order valence-corrected chi connectivity index (χ3v) is 4.32. The number of aliphatic hydroxyl groups is 1. The van der Waals surface area contributed by atoms with E-state index < -0.39 is 6.10 Å². The molecule has 28 heavy (non-hydrogen) atoms. The summed E-state index contributed by atoms with van der Waals surface area (Å²) in [5, 5.41) is 19.4. The minimum atomic E-state index is -0.514. The van der Waals surface area contributed by atoms with Gasteiger partial charge in [-0.25, -0.2) is 0 Å². The molecule has 0 spiro atoms. The maximum absolute atomic E-state index is 11.7. The molecule has 0 saturated heterocycles. The number of aliphatic hydroxyl groups excluding tert-OH is 1. The maximum atomic E-state index is 11.7. The highest BCUT2D eigenvalue weighted by Gasteiger charge is 2.07. The maximum Gasteiger partial charge on any atom is 0.251 e. The number of nitrogens with zero attached hydrogens (tertiary/aromatic N) is 1. The van der Waals surface area contributed by atoms with Gasteiger partial charge in [0.25, 0.3) is 5.91 Å². The Morgan fingerprint density at radius 3 is 2.61 bits per heavy atom. The summed E-state index contributed by atoms with van der Waals surface area (Å²) >= 11 is 0. The standard InChI is InChI=1S/C22H30N4O2/c1-3-24-22(26-15-13-20(27)18-9-5-4-6-10-18)25-14-12-17-8-7-11-19(16-17)21(28)23-2/h4-11,16,20,27H,3,12-15H2,1-2H3,(H,23,28)(H2,24,25,26). The fourth-order valence-corrected chi connectivity index (χ4v) is 2.82. The lowest BCUT2D eigenvalue weighted by Crippen LogP contribution is -2.38. The highest BCUT2D eigenvalue weighted by Crippen LogP contribution is 2.15. The van der Waals surface area contributed by atoms with Crippen molar-refractivity contribution in [2.45, 2.75) is 25.9 Å². The SMILES string of the molecule is CCNC(=NCCC(O)c1ccccc1)NCCc1cccc(C(=O)NC)c1. The number of amides is 1. The topological polar surface area (TPSA) is 85.8 Å². The summed E-state index contributed by atoms with van der Waals surface area (Å²) in [6.45, 7) is 4.00. The van der Waals surface area contributed by atoms with Crippen LogP contribution in [0.3, 0.4) is 0 Å². The van der Waals surface area contributed by atoms with Crippen molar-refractivity contribution in [3.8, 4) is 0 Å². The molecule has 0 aliphatic heterocycles. The van der Waals surface area contributed by atoms with Crippen molar-refractivity contribution in [1.29, 1.82) is 0 Å². The number of hydrogen-bond acceptors (Lipinski definition) is 3. The first-order chi connectivity index (χ1) is 13.6. The molecule has 1 unspecified atom stereocenters. The van der Waals surface area contributed by atoms with E-state index in [0.717, 1.165) is 30.1 Å². The van der Waals surface area contributed by atoms with Crippen LogP contribution in [0, 0.1) is 0 Å². The van der Waals surface area contributed by atoms with E-state index in [-0.39, 0.29) is 5.91 Å². The summed E-state index contributed by atoms with van der Waals surface area (Å²) in [6, 6.07) is 17.2. The third-order valence-electron chi connectivity index (χ3n) is 4.32. The minimum Gasteiger partial charge on any atom is -0.388 e. The molecular weight excluding hydrogens is 352 g/mol. The van der Waals surface area contributed by atoms with E-state index in [2.05, 4.69) is 20.9 Å². The van der Waals surface area contributed by atoms with Gasteiger partial charge in [-0.1, -0.05) is 42.5 Å². The van der Waals surface area contributed by atoms with Gasteiger partial charge >= 0.3 is 0 Å². The normalized spacial score (nSPS) is 12.3. The molecule has 150 valence electrons. The molecule has 0 heterocycles. The van der Waals surface area contributed by atoms with Crippen LogP contribution >= 0.6 is 0 Å². The molecule has 6 heteroatoms. The average molecular weight is 383 g/mol. The number of nitrogens with one attached hydrogen (secondary N) is 3. The zero-order chi connectivity index (χ0) is 20.2. The van der Waals surface area contributed by atoms with Crippen molar-refractivity contribution in [3.05, 3.63) is 71.3 Å². The highest BCUT2D eigenvalue weighted by molar-refractivity contribution is 5.94. The van der Waals surface area contributed by atoms with E-state index in [1.165, 1.54) is 0 Å². The molecule has 0 aliphatic rings. The molecule has 6 nitrogen and oxygen atoms in total. The van der Waals surface area contributed by atoms with E-state index in [0.29, 0.717) is 25.1 Å². The van der Waals surface area contributed by atoms with E-state index >= 15 is 0 Å². The van der Waals surface area contributed by atoms with Crippen molar-refractivity contribution in [3.63, 3.8) is 0 Å². The van der Waals surface area contributed by atoms with Crippen LogP contribution in [-0.2, 0) is 6.42 Å². The van der Waals surface area contributed by atoms with Crippen LogP contribution < -0.4 is 16.0 Å². The number of aliphatic imine (C=N–C) groups is 1. The van der Waals surface area contributed by atoms with Crippen molar-refractivity contribution >= 4 is 11.9 Å². The lowest BCUT2D eigenvalue weighted by atomic mass is 10.1. The third kappa shape index (κ3) is 7.04. The van der Waals surface area contributed by atoms with Crippen molar-refractivity contribution in [2.24, 2.45) is 4.99 Å². The Hall–Kier alpha value is -2.86. The lowest BCUT2D eigenvalue weighted by Gasteiger charge is -2.13. The molecule has 0 saturated carbocycles. The Balaban J connectivity index is 1.83. The molecule has 2 aromatic rings. The second-order valence-electron chi connectivity index (χ2n) is 6.43. The fraction of sp³-hybridized carbons (Fsp3) is 0.364. The second kappa shape index (κ2) is 11.8. The van der Waals surface area contributed by atoms with Gasteiger partial charge in [0.05, 0.1) is 6.10 Å². The minimum absolute atomic E-state index is 0.0818. The Bertz CT molecular complexity index is 762. The molecule has 1 amide bonds. The molecule has 4 N–H and O–H groups in total. The molecule has 2 rings (SSSR count). The summed E-state index contributed by atoms with van der Waals surface area (Å²) in [5.74, 6) is 0.645. The van der Waals surface area contributed by atoms with Crippen LogP contribution in [0.2, 0.25) is 0 Å². The van der Waals surface area contributed by atoms with Crippen LogP contribution in [0.1, 0.15) is 40.9 Å². The Morgan fingerprint density at radius 2 is 1.89 bits per heavy atom. The van der Waals surface area contributed by atoms with Crippen molar-refractivity contribution < 1.29 is 9.90 Å². The van der Waals surface area contributed by atoms with Gasteiger partial charge in [0.15, 0.2) is 5.96 Å². The van der Waals surface area contributed by atoms with Crippen molar-refractivity contribution in [1.82, 2.24) is 16.0 Å². The van der Waals surface area contributed by atoms with Crippen LogP contribution in [-0.4, -0.2) is 43.7 Å². The zero-order valence-electron chi connectivity index (χ0n) is 16.6. The number of rotatable bonds is 9. The van der Waals surface area contributed by atoms with E-state index in [4.69, 9.17) is 0 Å². The molecule has 0 aromatic heterocycles. The zero-order valence-corrected chi connectivity index (χ0v) is 16.6. The van der Waals surface area contributed by atoms with Gasteiger partial charge in [0, 0.05) is 32.2 Å². The number of hydrogen-bond donors (Lipinski definition) is 4. The number of carbonyl (C=O) groups is 1. The molecule has 2 aromatic carbocycles. The molecule has 0 aliphatic carbocycles. The number of benzene rings is 2. The van der Waals surface area contributed by atoms with Crippen LogP contribution in [0.25, 0.3) is 0 Å². The molecule has 0 fully saturated rings. The number of guanidine groups is 1. The van der Waals surface area contributed by atoms with Crippen LogP contribution in [0.5, 0.6) is 0 Å². The monoisotopic (exact) mass is 382 g/mol. The van der Waals surface area contributed by atoms with Crippen molar-refractivity contribution in [2.75, 3.05) is 26.7 Å². The van der Waals surface area contributed by atoms with Gasteiger partial charge in [0.2, 0.25) is 0 Å². The largest absolute Gasteiger partial charge is 0.388 e. The summed E-state index contributed by atoms with van der Waals surface area (Å²) in [5.41, 5.74) is 2.66. The summed E-state index contributed by atoms with van der Waals surface area (Å²) < 4.78 is 0. The predicted molar refractivity (Wildman–Crippen MR) is 114 cm³/mol. The Kier molecular flexibility index (Phi) is 9.01. The number of carbonyl (C=O) groups excluding carboxylic acids is 1. The van der Waals surface area contributed by atoms with Crippen LogP contribution in [0.4, 0.5) is 0 Å². The van der Waals surface area contributed by atoms with Gasteiger partial charge in [0.1, 0.15) is 0 Å². The first kappa shape index (κ1) is 21.4. The molecular formula is C22H30N4O2. The van der Waals surface area contributed by atoms with Gasteiger partial charge in [-0.15, -0.1) is 0 Å². The van der Waals surface area contributed by atoms with Gasteiger partial charge in [-0.05, 0) is 43.0 Å². The van der Waals surface area contributed by atoms with Gasteiger partial charge in [-0.2, -0.15) is 0 Å². The first-order valence-corrected chi connectivity index (χ1v) is 9.70. The predicted octanol–water partition coefficient (Wildman–Crippen LogP) is 2.27. The molecule has 1 atom stereocenters. The smallest absolute Gasteiger partial charge is 0.251 e. The summed E-state index contributed by atoms with van der Waals surface area (Å²) in [7, 11) is 1.63. The second-order valence-corrected chi connectivity index (χ2v) is 6.43. The lowest BCUT2D eigenvalue weighted by molar-refractivity contribution is 0.0963. The van der Waals surface area contributed by atoms with E-state index in [1.54, 1.807) is 13.1 Å². The highest BCUT2D eigenvalue weighted by atomic mass is 16.3. The van der Waals surface area contributed by atoms with Crippen LogP contribution in [0.15, 0.2) is 59.6 Å². The average Bonchev–Trinajstić information content (AvgIpc) is 2.74. The van der Waals surface area contributed by atoms with E-state index in [9.17, 15) is 9.90 Å². The van der Waals surface area contributed by atoms with Gasteiger partial charge in [-0.3, -0.25) is 9.79 Å². The quantitative estimate of drug-likeness (QED) is 0.396. The summed E-state index contributed by atoms with van der Waals surface area (Å²) in [4.78, 5) is 16.3. The summed E-state index contributed by atoms with van der Waals surface area (Å²) in [6.07, 6.45) is 0.830.